The Morgan fingerprint density at radius 1 is 1.33 bits per heavy atom. The predicted octanol–water partition coefficient (Wildman–Crippen LogP) is 1.17. The van der Waals surface area contributed by atoms with E-state index >= 15 is 0 Å². The van der Waals surface area contributed by atoms with E-state index in [1.807, 2.05) is 6.07 Å². The first-order valence-electron chi connectivity index (χ1n) is 4.15. The minimum absolute atomic E-state index is 0.191. The number of carbonyl (C=O) groups is 1. The Balaban J connectivity index is 0.000000265. The molecule has 0 aliphatic rings. The molecular formula is C9H14ClN3O2. The van der Waals surface area contributed by atoms with Crippen LogP contribution in [0.5, 0.6) is 0 Å². The molecule has 1 aromatic carbocycles. The zero-order valence-electron chi connectivity index (χ0n) is 8.15. The second-order valence-corrected chi connectivity index (χ2v) is 2.90. The number of halogens is 1. The Bertz CT molecular complexity index is 290. The molecule has 0 atom stereocenters. The first kappa shape index (κ1) is 13.4. The molecule has 1 aromatic rings. The van der Waals surface area contributed by atoms with Crippen molar-refractivity contribution in [3.05, 3.63) is 24.3 Å². The molecule has 6 N–H and O–H groups in total. The van der Waals surface area contributed by atoms with Crippen molar-refractivity contribution in [2.45, 2.75) is 0 Å². The van der Waals surface area contributed by atoms with Gasteiger partial charge in [0.05, 0.1) is 5.88 Å². The summed E-state index contributed by atoms with van der Waals surface area (Å²) >= 11 is 5.11. The number of hydrogen-bond donors (Lipinski definition) is 3. The van der Waals surface area contributed by atoms with Gasteiger partial charge in [-0.25, -0.2) is 4.79 Å². The number of carbonyl (C=O) groups excluding carboxylic acids is 1. The van der Waals surface area contributed by atoms with E-state index in [2.05, 4.69) is 10.5 Å². The maximum atomic E-state index is 9.70. The number of rotatable bonds is 2. The minimum atomic E-state index is -0.777. The highest BCUT2D eigenvalue weighted by atomic mass is 35.5. The van der Waals surface area contributed by atoms with Crippen LogP contribution < -0.4 is 17.2 Å². The number of hydrogen-bond acceptors (Lipinski definition) is 4. The summed E-state index contributed by atoms with van der Waals surface area (Å²) in [5.74, 6) is 0.295. The van der Waals surface area contributed by atoms with Gasteiger partial charge in [0.15, 0.2) is 0 Å². The van der Waals surface area contributed by atoms with Crippen LogP contribution in [0.15, 0.2) is 24.3 Å². The van der Waals surface area contributed by atoms with E-state index in [9.17, 15) is 4.79 Å². The van der Waals surface area contributed by atoms with Crippen molar-refractivity contribution in [2.24, 2.45) is 5.73 Å². The third kappa shape index (κ3) is 8.70. The molecule has 15 heavy (non-hydrogen) atoms. The van der Waals surface area contributed by atoms with Crippen LogP contribution in [0.3, 0.4) is 0 Å². The summed E-state index contributed by atoms with van der Waals surface area (Å²) in [6, 6.07) is 7.15. The zero-order chi connectivity index (χ0) is 11.7. The van der Waals surface area contributed by atoms with Gasteiger partial charge in [-0.1, -0.05) is 6.07 Å². The molecule has 1 amide bonds. The summed E-state index contributed by atoms with van der Waals surface area (Å²) in [5.41, 5.74) is 16.7. The van der Waals surface area contributed by atoms with Crippen molar-refractivity contribution in [1.29, 1.82) is 0 Å². The molecule has 0 aliphatic carbocycles. The lowest BCUT2D eigenvalue weighted by Gasteiger charge is -1.92. The van der Waals surface area contributed by atoms with Gasteiger partial charge in [0.25, 0.3) is 0 Å². The molecule has 0 saturated heterocycles. The monoisotopic (exact) mass is 231 g/mol. The van der Waals surface area contributed by atoms with E-state index < -0.39 is 6.09 Å². The van der Waals surface area contributed by atoms with Crippen LogP contribution in [-0.2, 0) is 4.74 Å². The lowest BCUT2D eigenvalue weighted by atomic mass is 10.3. The molecule has 6 heteroatoms. The molecule has 84 valence electrons. The topological polar surface area (TPSA) is 104 Å². The summed E-state index contributed by atoms with van der Waals surface area (Å²) in [6.07, 6.45) is -0.777. The average Bonchev–Trinajstić information content (AvgIpc) is 2.15. The molecule has 0 bridgehead atoms. The van der Waals surface area contributed by atoms with E-state index in [0.717, 1.165) is 0 Å². The van der Waals surface area contributed by atoms with Gasteiger partial charge in [0.1, 0.15) is 6.61 Å². The van der Waals surface area contributed by atoms with Crippen molar-refractivity contribution < 1.29 is 9.53 Å². The SMILES string of the molecule is NC(=O)OCCCl.Nc1cccc(N)c1. The number of amides is 1. The standard InChI is InChI=1S/C6H8N2.C3H6ClNO2/c7-5-2-1-3-6(8)4-5;4-1-2-7-3(5)6/h1-4H,7-8H2;1-2H2,(H2,5,6). The van der Waals surface area contributed by atoms with Crippen LogP contribution in [0.4, 0.5) is 16.2 Å². The number of nitrogen functional groups attached to an aromatic ring is 2. The Hall–Kier alpha value is -1.62. The maximum absolute atomic E-state index is 9.70. The van der Waals surface area contributed by atoms with E-state index in [1.165, 1.54) is 0 Å². The number of nitrogens with two attached hydrogens (primary N) is 3. The van der Waals surface area contributed by atoms with Crippen LogP contribution in [0.1, 0.15) is 0 Å². The van der Waals surface area contributed by atoms with Crippen LogP contribution in [0, 0.1) is 0 Å². The van der Waals surface area contributed by atoms with Gasteiger partial charge in [-0.2, -0.15) is 0 Å². The fourth-order valence-electron chi connectivity index (χ4n) is 0.698. The molecule has 0 aliphatic heterocycles. The second-order valence-electron chi connectivity index (χ2n) is 2.53. The largest absolute Gasteiger partial charge is 0.448 e. The predicted molar refractivity (Wildman–Crippen MR) is 61.5 cm³/mol. The molecule has 0 heterocycles. The van der Waals surface area contributed by atoms with Gasteiger partial charge in [-0.05, 0) is 18.2 Å². The molecule has 0 aromatic heterocycles. The number of anilines is 2. The lowest BCUT2D eigenvalue weighted by Crippen LogP contribution is -2.13. The second kappa shape index (κ2) is 7.75. The molecule has 0 saturated carbocycles. The Morgan fingerprint density at radius 3 is 2.07 bits per heavy atom. The van der Waals surface area contributed by atoms with Crippen molar-refractivity contribution >= 4 is 29.1 Å². The molecule has 0 spiro atoms. The Morgan fingerprint density at radius 2 is 1.87 bits per heavy atom. The average molecular weight is 232 g/mol. The first-order chi connectivity index (χ1) is 7.06. The summed E-state index contributed by atoms with van der Waals surface area (Å²) in [7, 11) is 0. The van der Waals surface area contributed by atoms with Crippen LogP contribution >= 0.6 is 11.6 Å². The van der Waals surface area contributed by atoms with Gasteiger partial charge in [-0.15, -0.1) is 11.6 Å². The highest BCUT2D eigenvalue weighted by molar-refractivity contribution is 6.18. The normalized spacial score (nSPS) is 8.60. The molecule has 1 rings (SSSR count). The summed E-state index contributed by atoms with van der Waals surface area (Å²) in [6.45, 7) is 0.191. The minimum Gasteiger partial charge on any atom is -0.448 e. The van der Waals surface area contributed by atoms with E-state index in [4.69, 9.17) is 23.1 Å². The number of alkyl halides is 1. The first-order valence-corrected chi connectivity index (χ1v) is 4.69. The van der Waals surface area contributed by atoms with Gasteiger partial charge in [0, 0.05) is 11.4 Å². The van der Waals surface area contributed by atoms with Crippen LogP contribution in [-0.4, -0.2) is 18.6 Å². The molecule has 5 nitrogen and oxygen atoms in total. The summed E-state index contributed by atoms with van der Waals surface area (Å²) in [4.78, 5) is 9.70. The molecular weight excluding hydrogens is 218 g/mol. The van der Waals surface area contributed by atoms with Gasteiger partial charge in [-0.3, -0.25) is 0 Å². The highest BCUT2D eigenvalue weighted by Gasteiger charge is 1.87. The Labute approximate surface area is 93.1 Å². The zero-order valence-corrected chi connectivity index (χ0v) is 8.91. The third-order valence-electron chi connectivity index (χ3n) is 1.23. The quantitative estimate of drug-likeness (QED) is 0.525. The van der Waals surface area contributed by atoms with Crippen LogP contribution in [0.2, 0.25) is 0 Å². The Kier molecular flexibility index (Phi) is 6.92. The van der Waals surface area contributed by atoms with Crippen molar-refractivity contribution in [1.82, 2.24) is 0 Å². The summed E-state index contributed by atoms with van der Waals surface area (Å²) < 4.78 is 4.20. The van der Waals surface area contributed by atoms with Crippen LogP contribution in [0.25, 0.3) is 0 Å². The highest BCUT2D eigenvalue weighted by Crippen LogP contribution is 2.06. The van der Waals surface area contributed by atoms with Gasteiger partial charge >= 0.3 is 6.09 Å². The molecule has 0 unspecified atom stereocenters. The molecule has 0 fully saturated rings. The van der Waals surface area contributed by atoms with Crippen molar-refractivity contribution in [3.63, 3.8) is 0 Å². The fraction of sp³-hybridized carbons (Fsp3) is 0.222. The maximum Gasteiger partial charge on any atom is 0.404 e. The van der Waals surface area contributed by atoms with E-state index in [0.29, 0.717) is 17.3 Å². The van der Waals surface area contributed by atoms with Gasteiger partial charge < -0.3 is 21.9 Å². The lowest BCUT2D eigenvalue weighted by molar-refractivity contribution is 0.164. The summed E-state index contributed by atoms with van der Waals surface area (Å²) in [5, 5.41) is 0. The van der Waals surface area contributed by atoms with Gasteiger partial charge in [0.2, 0.25) is 0 Å². The smallest absolute Gasteiger partial charge is 0.404 e. The number of primary amides is 1. The number of benzene rings is 1. The number of ether oxygens (including phenoxy) is 1. The van der Waals surface area contributed by atoms with Crippen molar-refractivity contribution in [2.75, 3.05) is 24.0 Å². The van der Waals surface area contributed by atoms with Crippen molar-refractivity contribution in [3.8, 4) is 0 Å². The van der Waals surface area contributed by atoms with E-state index in [1.54, 1.807) is 18.2 Å². The fourth-order valence-corrected chi connectivity index (χ4v) is 0.775. The molecule has 0 radical (unpaired) electrons. The third-order valence-corrected chi connectivity index (χ3v) is 1.39. The van der Waals surface area contributed by atoms with E-state index in [-0.39, 0.29) is 6.61 Å².